The maximum absolute atomic E-state index is 12.2. The van der Waals surface area contributed by atoms with Gasteiger partial charge in [-0.25, -0.2) is 8.42 Å². The van der Waals surface area contributed by atoms with E-state index in [4.69, 9.17) is 5.11 Å². The first-order chi connectivity index (χ1) is 10.4. The van der Waals surface area contributed by atoms with Crippen LogP contribution in [0.5, 0.6) is 0 Å². The van der Waals surface area contributed by atoms with E-state index in [-0.39, 0.29) is 11.3 Å². The van der Waals surface area contributed by atoms with E-state index < -0.39 is 16.0 Å². The molecule has 0 saturated heterocycles. The Kier molecular flexibility index (Phi) is 4.81. The summed E-state index contributed by atoms with van der Waals surface area (Å²) >= 11 is 0. The van der Waals surface area contributed by atoms with Crippen molar-refractivity contribution in [2.75, 3.05) is 4.72 Å². The average molecular weight is 323 g/mol. The number of sulfonamides is 1. The summed E-state index contributed by atoms with van der Waals surface area (Å²) in [5.74, 6) is -0.839. The van der Waals surface area contributed by atoms with Gasteiger partial charge >= 0.3 is 5.97 Å². The van der Waals surface area contributed by atoms with Crippen LogP contribution in [0.3, 0.4) is 0 Å². The van der Waals surface area contributed by atoms with Crippen molar-refractivity contribution in [3.8, 4) is 0 Å². The third kappa shape index (κ3) is 4.32. The van der Waals surface area contributed by atoms with E-state index in [1.165, 1.54) is 17.1 Å². The molecule has 118 valence electrons. The zero-order chi connectivity index (χ0) is 16.2. The summed E-state index contributed by atoms with van der Waals surface area (Å²) in [6.07, 6.45) is 3.87. The number of benzene rings is 1. The highest BCUT2D eigenvalue weighted by atomic mass is 32.2. The van der Waals surface area contributed by atoms with Crippen molar-refractivity contribution in [3.05, 3.63) is 42.2 Å². The molecular weight excluding hydrogens is 306 g/mol. The first kappa shape index (κ1) is 16.0. The van der Waals surface area contributed by atoms with Gasteiger partial charge in [-0.05, 0) is 30.5 Å². The highest BCUT2D eigenvalue weighted by Crippen LogP contribution is 2.17. The lowest BCUT2D eigenvalue weighted by Crippen LogP contribution is -2.12. The monoisotopic (exact) mass is 323 g/mol. The smallest absolute Gasteiger partial charge is 0.303 e. The molecule has 0 amide bonds. The van der Waals surface area contributed by atoms with Crippen molar-refractivity contribution >= 4 is 21.7 Å². The van der Waals surface area contributed by atoms with E-state index in [2.05, 4.69) is 9.82 Å². The average Bonchev–Trinajstić information content (AvgIpc) is 2.86. The number of nitrogens with one attached hydrogen (secondary N) is 1. The number of rotatable bonds is 7. The molecule has 7 nitrogen and oxygen atoms in total. The van der Waals surface area contributed by atoms with Gasteiger partial charge < -0.3 is 5.11 Å². The normalized spacial score (nSPS) is 11.3. The molecule has 0 unspecified atom stereocenters. The molecule has 0 fully saturated rings. The molecule has 0 atom stereocenters. The molecule has 0 radical (unpaired) electrons. The van der Waals surface area contributed by atoms with E-state index in [0.29, 0.717) is 18.5 Å². The summed E-state index contributed by atoms with van der Waals surface area (Å²) in [4.78, 5) is 10.6. The fraction of sp³-hybridized carbons (Fsp3) is 0.286. The Bertz CT molecular complexity index is 768. The highest BCUT2D eigenvalue weighted by molar-refractivity contribution is 7.92. The number of aliphatic carboxylic acids is 1. The van der Waals surface area contributed by atoms with Crippen LogP contribution in [0, 0.1) is 0 Å². The Morgan fingerprint density at radius 1 is 1.41 bits per heavy atom. The van der Waals surface area contributed by atoms with Crippen LogP contribution < -0.4 is 4.72 Å². The van der Waals surface area contributed by atoms with Crippen LogP contribution in [0.15, 0.2) is 41.6 Å². The minimum Gasteiger partial charge on any atom is -0.481 e. The summed E-state index contributed by atoms with van der Waals surface area (Å²) in [7, 11) is -2.03. The molecule has 0 aliphatic heterocycles. The fourth-order valence-electron chi connectivity index (χ4n) is 1.99. The van der Waals surface area contributed by atoms with Gasteiger partial charge in [-0.3, -0.25) is 14.2 Å². The second-order valence-electron chi connectivity index (χ2n) is 4.90. The van der Waals surface area contributed by atoms with Gasteiger partial charge in [-0.2, -0.15) is 5.10 Å². The van der Waals surface area contributed by atoms with E-state index in [1.807, 2.05) is 6.07 Å². The van der Waals surface area contributed by atoms with Gasteiger partial charge in [0.2, 0.25) is 0 Å². The number of hydrogen-bond donors (Lipinski definition) is 2. The van der Waals surface area contributed by atoms with Crippen molar-refractivity contribution in [2.45, 2.75) is 24.2 Å². The van der Waals surface area contributed by atoms with Crippen LogP contribution in [-0.2, 0) is 28.3 Å². The number of carboxylic acids is 1. The molecule has 0 spiro atoms. The van der Waals surface area contributed by atoms with Crippen molar-refractivity contribution < 1.29 is 18.3 Å². The SMILES string of the molecule is Cn1cc(S(=O)(=O)Nc2cccc(CCCC(=O)O)c2)cn1. The summed E-state index contributed by atoms with van der Waals surface area (Å²) < 4.78 is 28.3. The minimum atomic E-state index is -3.67. The molecule has 1 aromatic heterocycles. The third-order valence-corrected chi connectivity index (χ3v) is 4.36. The second-order valence-corrected chi connectivity index (χ2v) is 6.59. The highest BCUT2D eigenvalue weighted by Gasteiger charge is 2.16. The minimum absolute atomic E-state index is 0.0889. The fourth-order valence-corrected chi connectivity index (χ4v) is 3.02. The zero-order valence-corrected chi connectivity index (χ0v) is 12.9. The Labute approximate surface area is 128 Å². The lowest BCUT2D eigenvalue weighted by atomic mass is 10.1. The van der Waals surface area contributed by atoms with E-state index >= 15 is 0 Å². The lowest BCUT2D eigenvalue weighted by Gasteiger charge is -2.08. The van der Waals surface area contributed by atoms with Crippen LogP contribution in [0.2, 0.25) is 0 Å². The van der Waals surface area contributed by atoms with Crippen LogP contribution >= 0.6 is 0 Å². The number of anilines is 1. The van der Waals surface area contributed by atoms with Crippen molar-refractivity contribution in [3.63, 3.8) is 0 Å². The van der Waals surface area contributed by atoms with Gasteiger partial charge in [0.15, 0.2) is 0 Å². The summed E-state index contributed by atoms with van der Waals surface area (Å²) in [6, 6.07) is 6.92. The summed E-state index contributed by atoms with van der Waals surface area (Å²) in [6.45, 7) is 0. The summed E-state index contributed by atoms with van der Waals surface area (Å²) in [5.41, 5.74) is 1.32. The Hall–Kier alpha value is -2.35. The molecule has 0 aliphatic carbocycles. The van der Waals surface area contributed by atoms with E-state index in [0.717, 1.165) is 5.56 Å². The summed E-state index contributed by atoms with van der Waals surface area (Å²) in [5, 5.41) is 12.5. The molecule has 8 heteroatoms. The maximum atomic E-state index is 12.2. The van der Waals surface area contributed by atoms with Crippen LogP contribution in [0.4, 0.5) is 5.69 Å². The molecule has 2 aromatic rings. The quantitative estimate of drug-likeness (QED) is 0.806. The van der Waals surface area contributed by atoms with Crippen LogP contribution in [0.1, 0.15) is 18.4 Å². The first-order valence-corrected chi connectivity index (χ1v) is 8.17. The first-order valence-electron chi connectivity index (χ1n) is 6.69. The van der Waals surface area contributed by atoms with Gasteiger partial charge in [0.1, 0.15) is 4.90 Å². The van der Waals surface area contributed by atoms with Crippen molar-refractivity contribution in [2.24, 2.45) is 7.05 Å². The van der Waals surface area contributed by atoms with Gasteiger partial charge in [0.25, 0.3) is 10.0 Å². The number of hydrogen-bond acceptors (Lipinski definition) is 4. The predicted octanol–water partition coefficient (Wildman–Crippen LogP) is 1.63. The molecule has 0 aliphatic rings. The zero-order valence-electron chi connectivity index (χ0n) is 12.1. The van der Waals surface area contributed by atoms with Gasteiger partial charge in [-0.1, -0.05) is 12.1 Å². The maximum Gasteiger partial charge on any atom is 0.303 e. The topological polar surface area (TPSA) is 101 Å². The van der Waals surface area contributed by atoms with Crippen LogP contribution in [0.25, 0.3) is 0 Å². The molecular formula is C14H17N3O4S. The molecule has 1 heterocycles. The Balaban J connectivity index is 2.08. The van der Waals surface area contributed by atoms with E-state index in [1.54, 1.807) is 25.2 Å². The number of carboxylic acid groups (broad SMARTS) is 1. The Morgan fingerprint density at radius 2 is 2.18 bits per heavy atom. The molecule has 1 aromatic carbocycles. The number of aryl methyl sites for hydroxylation is 2. The van der Waals surface area contributed by atoms with Gasteiger partial charge in [-0.15, -0.1) is 0 Å². The van der Waals surface area contributed by atoms with E-state index in [9.17, 15) is 13.2 Å². The second kappa shape index (κ2) is 6.61. The third-order valence-electron chi connectivity index (χ3n) is 3.03. The molecule has 0 bridgehead atoms. The van der Waals surface area contributed by atoms with Crippen LogP contribution in [-0.4, -0.2) is 29.3 Å². The predicted molar refractivity (Wildman–Crippen MR) is 81.0 cm³/mol. The largest absolute Gasteiger partial charge is 0.481 e. The van der Waals surface area contributed by atoms with Crippen molar-refractivity contribution in [1.29, 1.82) is 0 Å². The standard InChI is InChI=1S/C14H17N3O4S/c1-17-10-13(9-15-17)22(20,21)16-12-6-2-4-11(8-12)5-3-7-14(18)19/h2,4,6,8-10,16H,3,5,7H2,1H3,(H,18,19). The number of nitrogens with zero attached hydrogens (tertiary/aromatic N) is 2. The molecule has 2 N–H and O–H groups in total. The van der Waals surface area contributed by atoms with Crippen molar-refractivity contribution in [1.82, 2.24) is 9.78 Å². The lowest BCUT2D eigenvalue weighted by molar-refractivity contribution is -0.137. The van der Waals surface area contributed by atoms with Gasteiger partial charge in [0.05, 0.1) is 6.20 Å². The Morgan fingerprint density at radius 3 is 2.82 bits per heavy atom. The van der Waals surface area contributed by atoms with Gasteiger partial charge in [0, 0.05) is 25.4 Å². The molecule has 22 heavy (non-hydrogen) atoms. The molecule has 2 rings (SSSR count). The number of aromatic nitrogens is 2. The molecule has 0 saturated carbocycles. The number of carbonyl (C=O) groups is 1.